The lowest BCUT2D eigenvalue weighted by atomic mass is 10.3. The molecule has 5 nitrogen and oxygen atoms in total. The molecule has 0 unspecified atom stereocenters. The third-order valence-electron chi connectivity index (χ3n) is 2.31. The van der Waals surface area contributed by atoms with E-state index >= 15 is 0 Å². The van der Waals surface area contributed by atoms with Crippen LogP contribution in [0.1, 0.15) is 0 Å². The number of anilines is 3. The van der Waals surface area contributed by atoms with E-state index in [1.54, 1.807) is 36.4 Å². The summed E-state index contributed by atoms with van der Waals surface area (Å²) in [6, 6.07) is 12.6. The van der Waals surface area contributed by atoms with Gasteiger partial charge in [-0.2, -0.15) is 0 Å². The van der Waals surface area contributed by atoms with Gasteiger partial charge in [-0.1, -0.05) is 12.1 Å². The van der Waals surface area contributed by atoms with Crippen LogP contribution < -0.4 is 16.2 Å². The summed E-state index contributed by atoms with van der Waals surface area (Å²) in [5.74, 6) is 0. The third kappa shape index (κ3) is 2.72. The number of nitrogens with one attached hydrogen (secondary N) is 1. The van der Waals surface area contributed by atoms with Crippen molar-refractivity contribution in [1.82, 2.24) is 0 Å². The van der Waals surface area contributed by atoms with Crippen LogP contribution in [0.25, 0.3) is 0 Å². The van der Waals surface area contributed by atoms with Gasteiger partial charge in [0.2, 0.25) is 0 Å². The molecule has 0 saturated carbocycles. The Bertz CT molecular complexity index is 669. The minimum absolute atomic E-state index is 0.116. The molecular formula is C12H13N3O2S. The topological polar surface area (TPSA) is 98.2 Å². The number of hydrogen-bond acceptors (Lipinski definition) is 4. The fourth-order valence-corrected chi connectivity index (χ4v) is 2.60. The SMILES string of the molecule is Nc1cccc(NS(=O)(=O)c2cccc(N)c2)c1. The molecule has 0 bridgehead atoms. The van der Waals surface area contributed by atoms with E-state index in [0.29, 0.717) is 17.1 Å². The van der Waals surface area contributed by atoms with Gasteiger partial charge in [-0.15, -0.1) is 0 Å². The summed E-state index contributed by atoms with van der Waals surface area (Å²) in [7, 11) is -3.64. The highest BCUT2D eigenvalue weighted by Crippen LogP contribution is 2.19. The first kappa shape index (κ1) is 12.3. The van der Waals surface area contributed by atoms with Crippen molar-refractivity contribution in [1.29, 1.82) is 0 Å². The molecule has 6 heteroatoms. The molecule has 0 aromatic heterocycles. The van der Waals surface area contributed by atoms with Crippen LogP contribution in [0.2, 0.25) is 0 Å². The largest absolute Gasteiger partial charge is 0.399 e. The van der Waals surface area contributed by atoms with Crippen LogP contribution in [0.5, 0.6) is 0 Å². The van der Waals surface area contributed by atoms with E-state index in [1.165, 1.54) is 12.1 Å². The predicted molar refractivity (Wildman–Crippen MR) is 72.5 cm³/mol. The van der Waals surface area contributed by atoms with Gasteiger partial charge in [0.1, 0.15) is 0 Å². The minimum atomic E-state index is -3.64. The molecule has 2 aromatic rings. The van der Waals surface area contributed by atoms with E-state index in [9.17, 15) is 8.42 Å². The molecule has 2 rings (SSSR count). The van der Waals surface area contributed by atoms with Crippen LogP contribution in [0.15, 0.2) is 53.4 Å². The van der Waals surface area contributed by atoms with Gasteiger partial charge in [0.05, 0.1) is 10.6 Å². The molecule has 0 aliphatic carbocycles. The van der Waals surface area contributed by atoms with Crippen molar-refractivity contribution < 1.29 is 8.42 Å². The highest BCUT2D eigenvalue weighted by atomic mass is 32.2. The fraction of sp³-hybridized carbons (Fsp3) is 0. The van der Waals surface area contributed by atoms with Gasteiger partial charge in [0.15, 0.2) is 0 Å². The quantitative estimate of drug-likeness (QED) is 0.733. The lowest BCUT2D eigenvalue weighted by Gasteiger charge is -2.08. The second-order valence-electron chi connectivity index (χ2n) is 3.80. The van der Waals surface area contributed by atoms with Crippen molar-refractivity contribution >= 4 is 27.1 Å². The first-order valence-electron chi connectivity index (χ1n) is 5.21. The van der Waals surface area contributed by atoms with Crippen LogP contribution >= 0.6 is 0 Å². The lowest BCUT2D eigenvalue weighted by molar-refractivity contribution is 0.601. The van der Waals surface area contributed by atoms with Crippen LogP contribution in [0.4, 0.5) is 17.1 Å². The van der Waals surface area contributed by atoms with Gasteiger partial charge in [-0.05, 0) is 36.4 Å². The highest BCUT2D eigenvalue weighted by Gasteiger charge is 2.14. The molecule has 2 aromatic carbocycles. The van der Waals surface area contributed by atoms with Crippen molar-refractivity contribution in [3.8, 4) is 0 Å². The van der Waals surface area contributed by atoms with Crippen molar-refractivity contribution in [3.05, 3.63) is 48.5 Å². The summed E-state index contributed by atoms with van der Waals surface area (Å²) >= 11 is 0. The average Bonchev–Trinajstić information content (AvgIpc) is 2.28. The minimum Gasteiger partial charge on any atom is -0.399 e. The summed E-state index contributed by atoms with van der Waals surface area (Å²) in [4.78, 5) is 0.116. The van der Waals surface area contributed by atoms with Crippen LogP contribution in [-0.2, 0) is 10.0 Å². The molecule has 0 atom stereocenters. The maximum Gasteiger partial charge on any atom is 0.261 e. The Hall–Kier alpha value is -2.21. The zero-order valence-electron chi connectivity index (χ0n) is 9.50. The molecule has 94 valence electrons. The van der Waals surface area contributed by atoms with Gasteiger partial charge in [0, 0.05) is 11.4 Å². The highest BCUT2D eigenvalue weighted by molar-refractivity contribution is 7.92. The molecule has 0 aliphatic heterocycles. The number of nitrogen functional groups attached to an aromatic ring is 2. The second kappa shape index (κ2) is 4.58. The molecular weight excluding hydrogens is 250 g/mol. The third-order valence-corrected chi connectivity index (χ3v) is 3.69. The van der Waals surface area contributed by atoms with E-state index < -0.39 is 10.0 Å². The summed E-state index contributed by atoms with van der Waals surface area (Å²) < 4.78 is 26.6. The van der Waals surface area contributed by atoms with Crippen LogP contribution in [0.3, 0.4) is 0 Å². The fourth-order valence-electron chi connectivity index (χ4n) is 1.50. The number of nitrogens with two attached hydrogens (primary N) is 2. The number of benzene rings is 2. The predicted octanol–water partition coefficient (Wildman–Crippen LogP) is 1.65. The zero-order chi connectivity index (χ0) is 13.2. The Morgan fingerprint density at radius 1 is 0.889 bits per heavy atom. The summed E-state index contributed by atoms with van der Waals surface area (Å²) in [5, 5.41) is 0. The molecule has 0 spiro atoms. The van der Waals surface area contributed by atoms with E-state index in [4.69, 9.17) is 11.5 Å². The molecule has 0 aliphatic rings. The van der Waals surface area contributed by atoms with Crippen LogP contribution in [0, 0.1) is 0 Å². The van der Waals surface area contributed by atoms with Gasteiger partial charge in [-0.3, -0.25) is 4.72 Å². The number of sulfonamides is 1. The van der Waals surface area contributed by atoms with Crippen LogP contribution in [-0.4, -0.2) is 8.42 Å². The Labute approximate surface area is 105 Å². The average molecular weight is 263 g/mol. The Balaban J connectivity index is 2.33. The second-order valence-corrected chi connectivity index (χ2v) is 5.49. The monoisotopic (exact) mass is 263 g/mol. The Morgan fingerprint density at radius 2 is 1.50 bits per heavy atom. The molecule has 0 saturated heterocycles. The van der Waals surface area contributed by atoms with Gasteiger partial charge < -0.3 is 11.5 Å². The van der Waals surface area contributed by atoms with Gasteiger partial charge in [-0.25, -0.2) is 8.42 Å². The van der Waals surface area contributed by atoms with E-state index in [0.717, 1.165) is 0 Å². The van der Waals surface area contributed by atoms with Crippen molar-refractivity contribution in [3.63, 3.8) is 0 Å². The first-order chi connectivity index (χ1) is 8.47. The number of rotatable bonds is 3. The van der Waals surface area contributed by atoms with E-state index in [-0.39, 0.29) is 4.90 Å². The number of hydrogen-bond donors (Lipinski definition) is 3. The van der Waals surface area contributed by atoms with Crippen molar-refractivity contribution in [2.45, 2.75) is 4.90 Å². The van der Waals surface area contributed by atoms with Gasteiger partial charge >= 0.3 is 0 Å². The molecule has 0 amide bonds. The smallest absolute Gasteiger partial charge is 0.261 e. The molecule has 0 fully saturated rings. The summed E-state index contributed by atoms with van der Waals surface area (Å²) in [6.07, 6.45) is 0. The normalized spacial score (nSPS) is 11.1. The maximum atomic E-state index is 12.1. The molecule has 0 radical (unpaired) electrons. The summed E-state index contributed by atoms with van der Waals surface area (Å²) in [6.45, 7) is 0. The molecule has 18 heavy (non-hydrogen) atoms. The standard InChI is InChI=1S/C12H13N3O2S/c13-9-3-1-5-11(7-9)15-18(16,17)12-6-2-4-10(14)8-12/h1-8,15H,13-14H2. The maximum absolute atomic E-state index is 12.1. The van der Waals surface area contributed by atoms with Gasteiger partial charge in [0.25, 0.3) is 10.0 Å². The Kier molecular flexibility index (Phi) is 3.12. The first-order valence-corrected chi connectivity index (χ1v) is 6.69. The van der Waals surface area contributed by atoms with Crippen molar-refractivity contribution in [2.24, 2.45) is 0 Å². The molecule has 5 N–H and O–H groups in total. The molecule has 0 heterocycles. The Morgan fingerprint density at radius 3 is 2.11 bits per heavy atom. The lowest BCUT2D eigenvalue weighted by Crippen LogP contribution is -2.13. The summed E-state index contributed by atoms with van der Waals surface area (Å²) in [5.41, 5.74) is 12.4. The van der Waals surface area contributed by atoms with E-state index in [1.807, 2.05) is 0 Å². The van der Waals surface area contributed by atoms with Crippen molar-refractivity contribution in [2.75, 3.05) is 16.2 Å². The van der Waals surface area contributed by atoms with E-state index in [2.05, 4.69) is 4.72 Å². The zero-order valence-corrected chi connectivity index (χ0v) is 10.3.